The summed E-state index contributed by atoms with van der Waals surface area (Å²) in [6.45, 7) is 8.34. The lowest BCUT2D eigenvalue weighted by atomic mass is 10.2. The number of unbranched alkanes of at least 4 members (excludes halogenated alkanes) is 3. The van der Waals surface area contributed by atoms with Crippen molar-refractivity contribution in [2.75, 3.05) is 123 Å². The maximum absolute atomic E-state index is 10.2. The number of hydrogen-bond donors (Lipinski definition) is 1. The Hall–Kier alpha value is -0.160. The topological polar surface area (TPSA) is 120 Å². The molecule has 0 spiro atoms. The Kier molecular flexibility index (Phi) is 32.7. The van der Waals surface area contributed by atoms with E-state index in [4.69, 9.17) is 47.7 Å². The van der Waals surface area contributed by atoms with Gasteiger partial charge in [0.1, 0.15) is 6.61 Å². The third kappa shape index (κ3) is 33.8. The van der Waals surface area contributed by atoms with Gasteiger partial charge in [-0.15, -0.1) is 0 Å². The quantitative estimate of drug-likeness (QED) is 0.0664. The van der Waals surface area contributed by atoms with E-state index in [9.17, 15) is 4.79 Å². The van der Waals surface area contributed by atoms with Crippen molar-refractivity contribution in [3.05, 3.63) is 0 Å². The predicted octanol–water partition coefficient (Wildman–Crippen LogP) is 2.22. The van der Waals surface area contributed by atoms with Crippen LogP contribution in [0.4, 0.5) is 0 Å². The summed E-state index contributed by atoms with van der Waals surface area (Å²) in [6, 6.07) is 0. The molecule has 0 saturated carbocycles. The van der Waals surface area contributed by atoms with Gasteiger partial charge in [0.2, 0.25) is 0 Å². The molecule has 0 atom stereocenters. The fourth-order valence-electron chi connectivity index (χ4n) is 2.57. The van der Waals surface area contributed by atoms with Gasteiger partial charge < -0.3 is 47.7 Å². The Morgan fingerprint density at radius 2 is 0.694 bits per heavy atom. The summed E-state index contributed by atoms with van der Waals surface area (Å²) in [4.78, 5) is 10.2. The molecule has 0 saturated heterocycles. The molecule has 0 aliphatic carbocycles. The Balaban J connectivity index is 3.02. The molecule has 0 aromatic heterocycles. The molecule has 1 N–H and O–H groups in total. The molecule has 0 aliphatic rings. The van der Waals surface area contributed by atoms with Crippen LogP contribution in [0.2, 0.25) is 0 Å². The molecule has 0 rings (SSSR count). The van der Waals surface area contributed by atoms with Crippen molar-refractivity contribution >= 4 is 28.6 Å². The fraction of sp³-hybridized carbons (Fsp3) is 0.958. The second-order valence-corrected chi connectivity index (χ2v) is 8.53. The van der Waals surface area contributed by atoms with E-state index >= 15 is 0 Å². The smallest absolute Gasteiger partial charge is 0.329 e. The first-order chi connectivity index (χ1) is 17.8. The van der Waals surface area contributed by atoms with Crippen LogP contribution >= 0.6 is 22.6 Å². The van der Waals surface area contributed by atoms with E-state index in [0.29, 0.717) is 99.1 Å². The molecule has 0 unspecified atom stereocenters. The Morgan fingerprint density at radius 3 is 1.00 bits per heavy atom. The van der Waals surface area contributed by atoms with Crippen molar-refractivity contribution in [2.45, 2.75) is 25.7 Å². The molecular weight excluding hydrogens is 591 g/mol. The van der Waals surface area contributed by atoms with Crippen molar-refractivity contribution in [3.63, 3.8) is 0 Å². The zero-order valence-corrected chi connectivity index (χ0v) is 23.8. The molecule has 0 heterocycles. The van der Waals surface area contributed by atoms with Crippen molar-refractivity contribution in [2.24, 2.45) is 0 Å². The largest absolute Gasteiger partial charge is 0.480 e. The fourth-order valence-corrected chi connectivity index (χ4v) is 3.11. The maximum atomic E-state index is 10.2. The molecule has 0 aliphatic heterocycles. The van der Waals surface area contributed by atoms with Gasteiger partial charge in [0.15, 0.2) is 0 Å². The molecule has 12 heteroatoms. The van der Waals surface area contributed by atoms with Crippen molar-refractivity contribution in [1.29, 1.82) is 0 Å². The summed E-state index contributed by atoms with van der Waals surface area (Å²) < 4.78 is 49.4. The SMILES string of the molecule is O=C(O)COCCOCCOCCOCCOCCOCCOCCOCCOCCCCCCI. The first kappa shape index (κ1) is 35.8. The van der Waals surface area contributed by atoms with E-state index in [1.807, 2.05) is 0 Å². The normalized spacial score (nSPS) is 11.4. The minimum atomic E-state index is -0.990. The Labute approximate surface area is 229 Å². The second-order valence-electron chi connectivity index (χ2n) is 7.45. The molecule has 0 aromatic carbocycles. The number of aliphatic carboxylic acids is 1. The van der Waals surface area contributed by atoms with E-state index in [2.05, 4.69) is 22.6 Å². The number of carboxylic acid groups (broad SMARTS) is 1. The first-order valence-electron chi connectivity index (χ1n) is 12.7. The van der Waals surface area contributed by atoms with E-state index < -0.39 is 5.97 Å². The maximum Gasteiger partial charge on any atom is 0.329 e. The highest BCUT2D eigenvalue weighted by Gasteiger charge is 1.97. The zero-order chi connectivity index (χ0) is 26.2. The molecule has 0 amide bonds. The number of hydrogen-bond acceptors (Lipinski definition) is 10. The average molecular weight is 639 g/mol. The molecule has 11 nitrogen and oxygen atoms in total. The predicted molar refractivity (Wildman–Crippen MR) is 142 cm³/mol. The molecule has 0 fully saturated rings. The van der Waals surface area contributed by atoms with Gasteiger partial charge in [-0.3, -0.25) is 0 Å². The van der Waals surface area contributed by atoms with E-state index in [-0.39, 0.29) is 13.2 Å². The van der Waals surface area contributed by atoms with Gasteiger partial charge in [-0.05, 0) is 17.3 Å². The van der Waals surface area contributed by atoms with Gasteiger partial charge >= 0.3 is 5.97 Å². The van der Waals surface area contributed by atoms with Crippen LogP contribution in [0.1, 0.15) is 25.7 Å². The lowest BCUT2D eigenvalue weighted by Crippen LogP contribution is -2.15. The van der Waals surface area contributed by atoms with E-state index in [1.54, 1.807) is 0 Å². The molecule has 216 valence electrons. The highest BCUT2D eigenvalue weighted by Crippen LogP contribution is 2.02. The molecular formula is C24H47IO11. The third-order valence-corrected chi connectivity index (χ3v) is 5.14. The first-order valence-corrected chi connectivity index (χ1v) is 14.3. The summed E-state index contributed by atoms with van der Waals surface area (Å²) in [6.07, 6.45) is 4.96. The number of halogens is 1. The number of carboxylic acids is 1. The summed E-state index contributed by atoms with van der Waals surface area (Å²) in [5.41, 5.74) is 0. The monoisotopic (exact) mass is 638 g/mol. The molecule has 0 aromatic rings. The highest BCUT2D eigenvalue weighted by atomic mass is 127. The zero-order valence-electron chi connectivity index (χ0n) is 21.7. The summed E-state index contributed by atoms with van der Waals surface area (Å²) in [5, 5.41) is 8.40. The van der Waals surface area contributed by atoms with Gasteiger partial charge in [0, 0.05) is 6.61 Å². The van der Waals surface area contributed by atoms with Gasteiger partial charge in [-0.2, -0.15) is 0 Å². The van der Waals surface area contributed by atoms with Gasteiger partial charge in [-0.1, -0.05) is 35.4 Å². The van der Waals surface area contributed by atoms with Gasteiger partial charge in [0.05, 0.1) is 106 Å². The number of alkyl halides is 1. The summed E-state index contributed by atoms with van der Waals surface area (Å²) in [5.74, 6) is -0.990. The Bertz CT molecular complexity index is 433. The van der Waals surface area contributed by atoms with Crippen LogP contribution in [-0.4, -0.2) is 134 Å². The van der Waals surface area contributed by atoms with Crippen LogP contribution in [0.25, 0.3) is 0 Å². The van der Waals surface area contributed by atoms with Crippen molar-refractivity contribution in [3.8, 4) is 0 Å². The lowest BCUT2D eigenvalue weighted by Gasteiger charge is -2.08. The standard InChI is InChI=1S/C24H47IO11/c25-5-3-1-2-4-6-28-7-8-29-9-10-30-11-12-31-13-14-32-15-16-33-17-18-34-19-20-35-21-22-36-23-24(26)27/h1-23H2,(H,26,27). The van der Waals surface area contributed by atoms with E-state index in [1.165, 1.54) is 23.7 Å². The Morgan fingerprint density at radius 1 is 0.417 bits per heavy atom. The van der Waals surface area contributed by atoms with Crippen LogP contribution in [0.3, 0.4) is 0 Å². The summed E-state index contributed by atoms with van der Waals surface area (Å²) in [7, 11) is 0. The van der Waals surface area contributed by atoms with Gasteiger partial charge in [0.25, 0.3) is 0 Å². The van der Waals surface area contributed by atoms with Gasteiger partial charge in [-0.25, -0.2) is 4.79 Å². The average Bonchev–Trinajstić information content (AvgIpc) is 2.87. The van der Waals surface area contributed by atoms with Crippen LogP contribution in [0.15, 0.2) is 0 Å². The summed E-state index contributed by atoms with van der Waals surface area (Å²) >= 11 is 2.41. The minimum absolute atomic E-state index is 0.250. The number of carbonyl (C=O) groups is 1. The van der Waals surface area contributed by atoms with Crippen LogP contribution in [0, 0.1) is 0 Å². The minimum Gasteiger partial charge on any atom is -0.480 e. The van der Waals surface area contributed by atoms with Crippen molar-refractivity contribution < 1.29 is 52.5 Å². The lowest BCUT2D eigenvalue weighted by molar-refractivity contribution is -0.142. The second kappa shape index (κ2) is 32.9. The van der Waals surface area contributed by atoms with Crippen LogP contribution in [-0.2, 0) is 47.4 Å². The molecule has 36 heavy (non-hydrogen) atoms. The number of ether oxygens (including phenoxy) is 9. The van der Waals surface area contributed by atoms with E-state index in [0.717, 1.165) is 13.0 Å². The highest BCUT2D eigenvalue weighted by molar-refractivity contribution is 14.1. The van der Waals surface area contributed by atoms with Crippen molar-refractivity contribution in [1.82, 2.24) is 0 Å². The molecule has 0 radical (unpaired) electrons. The number of rotatable bonds is 32. The van der Waals surface area contributed by atoms with Crippen LogP contribution < -0.4 is 0 Å². The van der Waals surface area contributed by atoms with Crippen LogP contribution in [0.5, 0.6) is 0 Å². The third-order valence-electron chi connectivity index (χ3n) is 4.37. The molecule has 0 bridgehead atoms.